The number of rotatable bonds is 8. The molecule has 4 aromatic rings. The van der Waals surface area contributed by atoms with Gasteiger partial charge in [0.05, 0.1) is 28.5 Å². The van der Waals surface area contributed by atoms with Gasteiger partial charge in [0.15, 0.2) is 0 Å². The van der Waals surface area contributed by atoms with E-state index in [2.05, 4.69) is 20.6 Å². The molecule has 14 heteroatoms. The number of likely N-dealkylation sites (tertiary alicyclic amines) is 1. The molecule has 0 aliphatic carbocycles. The van der Waals surface area contributed by atoms with Gasteiger partial charge in [-0.05, 0) is 31.0 Å². The highest BCUT2D eigenvalue weighted by molar-refractivity contribution is 6.39. The van der Waals surface area contributed by atoms with Crippen LogP contribution in [0.2, 0.25) is 10.0 Å². The van der Waals surface area contributed by atoms with Gasteiger partial charge in [-0.25, -0.2) is 9.78 Å². The number of hydrogen-bond donors (Lipinski definition) is 2. The maximum Gasteiger partial charge on any atom is 0.330 e. The number of halogens is 2. The van der Waals surface area contributed by atoms with E-state index in [1.807, 2.05) is 17.0 Å². The van der Waals surface area contributed by atoms with Gasteiger partial charge in [0, 0.05) is 75.8 Å². The number of aromatic nitrogens is 4. The Hall–Kier alpha value is -4.52. The third-order valence-electron chi connectivity index (χ3n) is 8.01. The number of methoxy groups -OCH3 is 1. The van der Waals surface area contributed by atoms with E-state index in [9.17, 15) is 19.2 Å². The van der Waals surface area contributed by atoms with E-state index >= 15 is 0 Å². The predicted octanol–water partition coefficient (Wildman–Crippen LogP) is 3.88. The fourth-order valence-corrected chi connectivity index (χ4v) is 5.97. The zero-order valence-corrected chi connectivity index (χ0v) is 27.3. The largest absolute Gasteiger partial charge is 0.481 e. The molecular formula is C32H33Cl2N7O5. The van der Waals surface area contributed by atoms with Crippen LogP contribution in [0.25, 0.3) is 22.5 Å². The Kier molecular flexibility index (Phi) is 9.90. The summed E-state index contributed by atoms with van der Waals surface area (Å²) in [7, 11) is 4.30. The zero-order valence-electron chi connectivity index (χ0n) is 25.8. The van der Waals surface area contributed by atoms with Gasteiger partial charge in [0.2, 0.25) is 11.8 Å². The molecule has 2 N–H and O–H groups in total. The molecule has 46 heavy (non-hydrogen) atoms. The maximum absolute atomic E-state index is 13.0. The summed E-state index contributed by atoms with van der Waals surface area (Å²) in [6, 6.07) is 10.8. The molecule has 1 saturated heterocycles. The van der Waals surface area contributed by atoms with Crippen LogP contribution in [-0.4, -0.2) is 62.1 Å². The number of ether oxygens (including phenoxy) is 1. The Labute approximate surface area is 275 Å². The van der Waals surface area contributed by atoms with Crippen molar-refractivity contribution < 1.29 is 14.3 Å². The van der Waals surface area contributed by atoms with Gasteiger partial charge < -0.3 is 24.8 Å². The van der Waals surface area contributed by atoms with Crippen molar-refractivity contribution in [3.63, 3.8) is 0 Å². The van der Waals surface area contributed by atoms with E-state index in [1.165, 1.54) is 20.3 Å². The number of carbonyl (C=O) groups is 2. The third-order valence-corrected chi connectivity index (χ3v) is 8.80. The molecule has 1 aromatic carbocycles. The number of carbonyl (C=O) groups excluding carboxylic acids is 2. The number of anilines is 1. The topological polar surface area (TPSA) is 140 Å². The van der Waals surface area contributed by atoms with Crippen LogP contribution in [0.15, 0.2) is 58.4 Å². The Bertz CT molecular complexity index is 1930. The Morgan fingerprint density at radius 2 is 1.74 bits per heavy atom. The summed E-state index contributed by atoms with van der Waals surface area (Å²) in [5.41, 5.74) is 1.60. The van der Waals surface area contributed by atoms with Crippen LogP contribution in [-0.2, 0) is 25.4 Å². The third kappa shape index (κ3) is 6.69. The molecule has 0 spiro atoms. The van der Waals surface area contributed by atoms with E-state index in [0.29, 0.717) is 34.9 Å². The number of nitrogens with zero attached hydrogens (tertiary/aromatic N) is 5. The first-order valence-electron chi connectivity index (χ1n) is 14.5. The standard InChI is InChI=1S/C32H33Cl2N7O5/c1-18(42)41-14-11-20(12-15-41)36-16-19-8-9-25(38-30(19)46-4)28-27(34)22(10-13-35-28)21-6-5-7-24(26(21)33)37-29(43)23-17-39(2)32(45)40(3)31(23)44/h5-10,13,17,20,36H,11-12,14-16H2,1-4H3,(H,37,43). The van der Waals surface area contributed by atoms with E-state index in [4.69, 9.17) is 27.9 Å². The van der Waals surface area contributed by atoms with Gasteiger partial charge in [-0.1, -0.05) is 41.4 Å². The molecule has 0 saturated carbocycles. The van der Waals surface area contributed by atoms with Gasteiger partial charge in [-0.3, -0.25) is 23.9 Å². The Balaban J connectivity index is 1.38. The summed E-state index contributed by atoms with van der Waals surface area (Å²) >= 11 is 13.7. The van der Waals surface area contributed by atoms with Crippen molar-refractivity contribution in [2.24, 2.45) is 14.1 Å². The smallest absolute Gasteiger partial charge is 0.330 e. The van der Waals surface area contributed by atoms with Gasteiger partial charge in [0.1, 0.15) is 11.3 Å². The van der Waals surface area contributed by atoms with E-state index in [0.717, 1.165) is 40.6 Å². The van der Waals surface area contributed by atoms with E-state index in [-0.39, 0.29) is 33.2 Å². The highest BCUT2D eigenvalue weighted by atomic mass is 35.5. The average Bonchev–Trinajstić information content (AvgIpc) is 3.05. The number of benzene rings is 1. The molecule has 0 radical (unpaired) electrons. The SMILES string of the molecule is COc1nc(-c2nccc(-c3cccc(NC(=O)c4cn(C)c(=O)n(C)c4=O)c3Cl)c2Cl)ccc1CNC1CCN(C(C)=O)CC1. The van der Waals surface area contributed by atoms with Crippen LogP contribution < -0.4 is 26.6 Å². The second-order valence-electron chi connectivity index (χ2n) is 11.0. The fraction of sp³-hybridized carbons (Fsp3) is 0.312. The molecule has 240 valence electrons. The van der Waals surface area contributed by atoms with Crippen LogP contribution in [0, 0.1) is 0 Å². The lowest BCUT2D eigenvalue weighted by atomic mass is 10.0. The van der Waals surface area contributed by atoms with Crippen LogP contribution in [0.3, 0.4) is 0 Å². The Morgan fingerprint density at radius 3 is 2.43 bits per heavy atom. The van der Waals surface area contributed by atoms with E-state index in [1.54, 1.807) is 44.5 Å². The van der Waals surface area contributed by atoms with E-state index < -0.39 is 17.2 Å². The lowest BCUT2D eigenvalue weighted by Gasteiger charge is -2.31. The minimum atomic E-state index is -0.727. The summed E-state index contributed by atoms with van der Waals surface area (Å²) in [4.78, 5) is 60.3. The molecule has 1 aliphatic heterocycles. The molecule has 1 fully saturated rings. The number of pyridine rings is 2. The van der Waals surface area contributed by atoms with Crippen molar-refractivity contribution in [3.05, 3.63) is 90.8 Å². The van der Waals surface area contributed by atoms with Crippen LogP contribution >= 0.6 is 23.2 Å². The summed E-state index contributed by atoms with van der Waals surface area (Å²) in [6.07, 6.45) is 4.52. The highest BCUT2D eigenvalue weighted by Gasteiger charge is 2.22. The molecule has 1 aliphatic rings. The second-order valence-corrected chi connectivity index (χ2v) is 11.7. The number of amides is 2. The fourth-order valence-electron chi connectivity index (χ4n) is 5.39. The van der Waals surface area contributed by atoms with Crippen molar-refractivity contribution in [3.8, 4) is 28.4 Å². The molecule has 12 nitrogen and oxygen atoms in total. The van der Waals surface area contributed by atoms with Crippen molar-refractivity contribution in [1.82, 2.24) is 29.3 Å². The van der Waals surface area contributed by atoms with Gasteiger partial charge in [-0.15, -0.1) is 0 Å². The molecule has 4 heterocycles. The quantitative estimate of drug-likeness (QED) is 0.289. The first-order chi connectivity index (χ1) is 22.0. The zero-order chi connectivity index (χ0) is 33.1. The number of aryl methyl sites for hydroxylation is 1. The molecular weight excluding hydrogens is 633 g/mol. The second kappa shape index (κ2) is 13.9. The normalized spacial score (nSPS) is 13.5. The highest BCUT2D eigenvalue weighted by Crippen LogP contribution is 2.40. The van der Waals surface area contributed by atoms with Crippen molar-refractivity contribution in [2.75, 3.05) is 25.5 Å². The summed E-state index contributed by atoms with van der Waals surface area (Å²) in [6.45, 7) is 3.60. The first kappa shape index (κ1) is 32.9. The monoisotopic (exact) mass is 665 g/mol. The van der Waals surface area contributed by atoms with Gasteiger partial charge >= 0.3 is 5.69 Å². The number of hydrogen-bond acceptors (Lipinski definition) is 8. The van der Waals surface area contributed by atoms with Gasteiger partial charge in [0.25, 0.3) is 11.5 Å². The molecule has 0 bridgehead atoms. The summed E-state index contributed by atoms with van der Waals surface area (Å²) in [5, 5.41) is 6.69. The number of nitrogens with one attached hydrogen (secondary N) is 2. The van der Waals surface area contributed by atoms with Gasteiger partial charge in [-0.2, -0.15) is 0 Å². The number of piperidine rings is 1. The predicted molar refractivity (Wildman–Crippen MR) is 176 cm³/mol. The minimum absolute atomic E-state index is 0.101. The van der Waals surface area contributed by atoms with Crippen LogP contribution in [0.4, 0.5) is 5.69 Å². The first-order valence-corrected chi connectivity index (χ1v) is 15.3. The maximum atomic E-state index is 13.0. The molecule has 3 aromatic heterocycles. The van der Waals surface area contributed by atoms with Crippen molar-refractivity contribution in [1.29, 1.82) is 0 Å². The average molecular weight is 667 g/mol. The van der Waals surface area contributed by atoms with Crippen molar-refractivity contribution in [2.45, 2.75) is 32.4 Å². The lowest BCUT2D eigenvalue weighted by molar-refractivity contribution is -0.129. The Morgan fingerprint density at radius 1 is 1.02 bits per heavy atom. The summed E-state index contributed by atoms with van der Waals surface area (Å²) in [5.74, 6) is -0.185. The lowest BCUT2D eigenvalue weighted by Crippen LogP contribution is -2.44. The molecule has 5 rings (SSSR count). The molecule has 2 amide bonds. The molecule has 0 atom stereocenters. The summed E-state index contributed by atoms with van der Waals surface area (Å²) < 4.78 is 7.62. The van der Waals surface area contributed by atoms with Crippen LogP contribution in [0.5, 0.6) is 5.88 Å². The van der Waals surface area contributed by atoms with Crippen LogP contribution in [0.1, 0.15) is 35.7 Å². The molecule has 0 unspecified atom stereocenters. The minimum Gasteiger partial charge on any atom is -0.481 e. The van der Waals surface area contributed by atoms with Crippen molar-refractivity contribution >= 4 is 40.7 Å².